The Kier molecular flexibility index (Phi) is 7.03. The van der Waals surface area contributed by atoms with Crippen LogP contribution >= 0.6 is 0 Å². The first-order chi connectivity index (χ1) is 14.7. The molecule has 0 radical (unpaired) electrons. The molecular weight excluding hydrogens is 405 g/mol. The monoisotopic (exact) mass is 432 g/mol. The Morgan fingerprint density at radius 3 is 2.39 bits per heavy atom. The number of rotatable bonds is 6. The minimum absolute atomic E-state index is 0.0602. The van der Waals surface area contributed by atoms with Gasteiger partial charge in [0, 0.05) is 25.9 Å². The van der Waals surface area contributed by atoms with Gasteiger partial charge in [-0.3, -0.25) is 9.59 Å². The number of benzene rings is 2. The topological polar surface area (TPSA) is 49.4 Å². The molecule has 0 aliphatic carbocycles. The van der Waals surface area contributed by atoms with Gasteiger partial charge in [-0.25, -0.2) is 0 Å². The van der Waals surface area contributed by atoms with E-state index >= 15 is 0 Å². The normalized spacial score (nSPS) is 16.2. The van der Waals surface area contributed by atoms with Crippen LogP contribution in [0.4, 0.5) is 13.2 Å². The highest BCUT2D eigenvalue weighted by Crippen LogP contribution is 2.32. The van der Waals surface area contributed by atoms with Crippen molar-refractivity contribution in [3.63, 3.8) is 0 Å². The van der Waals surface area contributed by atoms with E-state index in [4.69, 9.17) is 0 Å². The van der Waals surface area contributed by atoms with Gasteiger partial charge in [0.1, 0.15) is 6.04 Å². The molecule has 0 saturated heterocycles. The molecule has 0 saturated carbocycles. The van der Waals surface area contributed by atoms with Gasteiger partial charge in [0.15, 0.2) is 0 Å². The number of nitrogens with one attached hydrogen (secondary N) is 1. The molecule has 0 fully saturated rings. The molecule has 1 aliphatic heterocycles. The fourth-order valence-corrected chi connectivity index (χ4v) is 3.94. The molecule has 1 N–H and O–H groups in total. The second-order valence-electron chi connectivity index (χ2n) is 8.30. The van der Waals surface area contributed by atoms with Crippen molar-refractivity contribution in [2.75, 3.05) is 6.54 Å². The second kappa shape index (κ2) is 9.54. The number of nitrogens with zero attached hydrogens (tertiary/aromatic N) is 1. The van der Waals surface area contributed by atoms with E-state index in [1.54, 1.807) is 11.0 Å². The Balaban J connectivity index is 1.71. The molecule has 1 aliphatic rings. The van der Waals surface area contributed by atoms with Gasteiger partial charge in [-0.05, 0) is 35.1 Å². The lowest BCUT2D eigenvalue weighted by molar-refractivity contribution is -0.142. The van der Waals surface area contributed by atoms with Crippen LogP contribution in [-0.2, 0) is 35.2 Å². The Bertz CT molecular complexity index is 940. The smallest absolute Gasteiger partial charge is 0.354 e. The molecule has 0 spiro atoms. The van der Waals surface area contributed by atoms with Crippen molar-refractivity contribution in [3.8, 4) is 0 Å². The summed E-state index contributed by atoms with van der Waals surface area (Å²) in [6, 6.07) is 12.4. The van der Waals surface area contributed by atoms with Gasteiger partial charge < -0.3 is 10.2 Å². The first-order valence-electron chi connectivity index (χ1n) is 10.5. The fourth-order valence-electron chi connectivity index (χ4n) is 3.94. The summed E-state index contributed by atoms with van der Waals surface area (Å²) in [5, 5.41) is 2.75. The van der Waals surface area contributed by atoms with Crippen molar-refractivity contribution in [2.45, 2.75) is 51.9 Å². The van der Waals surface area contributed by atoms with E-state index in [2.05, 4.69) is 5.32 Å². The predicted octanol–water partition coefficient (Wildman–Crippen LogP) is 4.36. The van der Waals surface area contributed by atoms with Crippen molar-refractivity contribution >= 4 is 11.8 Å². The average Bonchev–Trinajstić information content (AvgIpc) is 2.71. The first kappa shape index (κ1) is 22.8. The minimum Gasteiger partial charge on any atom is -0.354 e. The molecule has 2 aromatic carbocycles. The van der Waals surface area contributed by atoms with Gasteiger partial charge in [-0.2, -0.15) is 13.2 Å². The minimum atomic E-state index is -4.44. The van der Waals surface area contributed by atoms with E-state index < -0.39 is 17.8 Å². The predicted molar refractivity (Wildman–Crippen MR) is 112 cm³/mol. The van der Waals surface area contributed by atoms with E-state index in [0.717, 1.165) is 17.2 Å². The molecule has 4 nitrogen and oxygen atoms in total. The molecule has 166 valence electrons. The van der Waals surface area contributed by atoms with E-state index in [1.807, 2.05) is 38.1 Å². The highest BCUT2D eigenvalue weighted by atomic mass is 19.4. The quantitative estimate of drug-likeness (QED) is 0.737. The Labute approximate surface area is 180 Å². The number of amides is 2. The van der Waals surface area contributed by atoms with Crippen LogP contribution in [0.5, 0.6) is 0 Å². The van der Waals surface area contributed by atoms with Gasteiger partial charge in [-0.1, -0.05) is 56.3 Å². The van der Waals surface area contributed by atoms with Crippen molar-refractivity contribution in [3.05, 3.63) is 70.8 Å². The van der Waals surface area contributed by atoms with E-state index in [-0.39, 0.29) is 36.3 Å². The summed E-state index contributed by atoms with van der Waals surface area (Å²) in [4.78, 5) is 27.4. The van der Waals surface area contributed by atoms with Crippen LogP contribution in [-0.4, -0.2) is 29.3 Å². The summed E-state index contributed by atoms with van der Waals surface area (Å²) in [5.74, 6) is -0.268. The number of carbonyl (C=O) groups is 2. The van der Waals surface area contributed by atoms with Crippen molar-refractivity contribution in [1.82, 2.24) is 10.2 Å². The largest absolute Gasteiger partial charge is 0.416 e. The third-order valence-corrected chi connectivity index (χ3v) is 5.47. The van der Waals surface area contributed by atoms with Crippen molar-refractivity contribution in [2.24, 2.45) is 5.92 Å². The number of alkyl halides is 3. The zero-order valence-electron chi connectivity index (χ0n) is 17.7. The number of hydrogen-bond acceptors (Lipinski definition) is 2. The molecule has 1 unspecified atom stereocenters. The zero-order chi connectivity index (χ0) is 22.6. The number of fused-ring (bicyclic) bond motifs is 1. The van der Waals surface area contributed by atoms with Crippen molar-refractivity contribution in [1.29, 1.82) is 0 Å². The van der Waals surface area contributed by atoms with Crippen LogP contribution in [0.2, 0.25) is 0 Å². The summed E-state index contributed by atoms with van der Waals surface area (Å²) in [7, 11) is 0. The van der Waals surface area contributed by atoms with Crippen LogP contribution in [0.1, 0.15) is 42.5 Å². The van der Waals surface area contributed by atoms with Gasteiger partial charge in [0.25, 0.3) is 0 Å². The highest BCUT2D eigenvalue weighted by Gasteiger charge is 2.35. The number of halogens is 3. The van der Waals surface area contributed by atoms with Gasteiger partial charge in [0.2, 0.25) is 11.8 Å². The maximum absolute atomic E-state index is 13.2. The third-order valence-electron chi connectivity index (χ3n) is 5.47. The Morgan fingerprint density at radius 1 is 1.06 bits per heavy atom. The summed E-state index contributed by atoms with van der Waals surface area (Å²) >= 11 is 0. The lowest BCUT2D eigenvalue weighted by atomic mass is 9.92. The molecule has 1 atom stereocenters. The summed E-state index contributed by atoms with van der Waals surface area (Å²) in [6.07, 6.45) is -3.64. The van der Waals surface area contributed by atoms with Gasteiger partial charge >= 0.3 is 6.18 Å². The van der Waals surface area contributed by atoms with Crippen LogP contribution in [0.3, 0.4) is 0 Å². The SMILES string of the molecule is CC(C)CC(=O)N1Cc2ccccc2CC1C(=O)NCCc1ccccc1C(F)(F)F. The second-order valence-corrected chi connectivity index (χ2v) is 8.30. The molecule has 7 heteroatoms. The van der Waals surface area contributed by atoms with Crippen LogP contribution in [0, 0.1) is 5.92 Å². The molecule has 3 rings (SSSR count). The van der Waals surface area contributed by atoms with Crippen LogP contribution in [0.25, 0.3) is 0 Å². The first-order valence-corrected chi connectivity index (χ1v) is 10.5. The molecule has 2 aromatic rings. The van der Waals surface area contributed by atoms with Crippen LogP contribution < -0.4 is 5.32 Å². The Morgan fingerprint density at radius 2 is 1.71 bits per heavy atom. The molecule has 2 amide bonds. The number of hydrogen-bond donors (Lipinski definition) is 1. The molecular formula is C24H27F3N2O2. The lowest BCUT2D eigenvalue weighted by Gasteiger charge is -2.36. The summed E-state index contributed by atoms with van der Waals surface area (Å²) in [6.45, 7) is 4.32. The molecule has 0 aromatic heterocycles. The third kappa shape index (κ3) is 5.66. The summed E-state index contributed by atoms with van der Waals surface area (Å²) < 4.78 is 39.5. The van der Waals surface area contributed by atoms with Gasteiger partial charge in [0.05, 0.1) is 5.56 Å². The van der Waals surface area contributed by atoms with E-state index in [0.29, 0.717) is 19.4 Å². The maximum atomic E-state index is 13.2. The Hall–Kier alpha value is -2.83. The molecule has 0 bridgehead atoms. The summed E-state index contributed by atoms with van der Waals surface area (Å²) in [5.41, 5.74) is 1.48. The standard InChI is InChI=1S/C24H27F3N2O2/c1-16(2)13-22(30)29-15-19-9-4-3-8-18(19)14-21(29)23(31)28-12-11-17-7-5-6-10-20(17)24(25,26)27/h3-10,16,21H,11-15H2,1-2H3,(H,28,31). The average molecular weight is 432 g/mol. The lowest BCUT2D eigenvalue weighted by Crippen LogP contribution is -2.53. The van der Waals surface area contributed by atoms with Crippen LogP contribution in [0.15, 0.2) is 48.5 Å². The highest BCUT2D eigenvalue weighted by molar-refractivity contribution is 5.88. The van der Waals surface area contributed by atoms with Crippen molar-refractivity contribution < 1.29 is 22.8 Å². The molecule has 1 heterocycles. The fraction of sp³-hybridized carbons (Fsp3) is 0.417. The van der Waals surface area contributed by atoms with E-state index in [1.165, 1.54) is 12.1 Å². The van der Waals surface area contributed by atoms with E-state index in [9.17, 15) is 22.8 Å². The number of carbonyl (C=O) groups excluding carboxylic acids is 2. The molecule has 31 heavy (non-hydrogen) atoms. The maximum Gasteiger partial charge on any atom is 0.416 e. The van der Waals surface area contributed by atoms with Gasteiger partial charge in [-0.15, -0.1) is 0 Å². The zero-order valence-corrected chi connectivity index (χ0v) is 17.7.